The molecule has 2 atom stereocenters. The number of nitrogens with zero attached hydrogens (tertiary/aromatic N) is 1. The zero-order chi connectivity index (χ0) is 28.1. The summed E-state index contributed by atoms with van der Waals surface area (Å²) in [4.78, 5) is 41.7. The van der Waals surface area contributed by atoms with Gasteiger partial charge in [-0.15, -0.1) is 0 Å². The Morgan fingerprint density at radius 3 is 2.00 bits per heavy atom. The van der Waals surface area contributed by atoms with Gasteiger partial charge in [-0.05, 0) is 97.7 Å². The number of ether oxygens (including phenoxy) is 2. The maximum atomic E-state index is 13.9. The summed E-state index contributed by atoms with van der Waals surface area (Å²) in [5.74, 6) is -0.115. The highest BCUT2D eigenvalue weighted by atomic mass is 16.6. The maximum Gasteiger partial charge on any atom is 0.408 e. The molecular weight excluding hydrogens is 470 g/mol. The first-order valence-corrected chi connectivity index (χ1v) is 12.4. The van der Waals surface area contributed by atoms with Gasteiger partial charge in [-0.25, -0.2) is 4.79 Å². The summed E-state index contributed by atoms with van der Waals surface area (Å²) in [6, 6.07) is 10.9. The largest absolute Gasteiger partial charge is 0.497 e. The van der Waals surface area contributed by atoms with E-state index in [1.165, 1.54) is 4.90 Å². The molecule has 0 saturated heterocycles. The van der Waals surface area contributed by atoms with Crippen LogP contribution in [-0.2, 0) is 14.3 Å². The Morgan fingerprint density at radius 1 is 0.919 bits per heavy atom. The zero-order valence-electron chi connectivity index (χ0n) is 23.7. The molecule has 2 aromatic carbocycles. The molecule has 0 bridgehead atoms. The van der Waals surface area contributed by atoms with E-state index in [1.54, 1.807) is 59.1 Å². The highest BCUT2D eigenvalue weighted by Crippen LogP contribution is 2.33. The predicted molar refractivity (Wildman–Crippen MR) is 146 cm³/mol. The van der Waals surface area contributed by atoms with Crippen LogP contribution in [0.4, 0.5) is 10.5 Å². The molecule has 0 aliphatic rings. The van der Waals surface area contributed by atoms with Crippen LogP contribution >= 0.6 is 0 Å². The summed E-state index contributed by atoms with van der Waals surface area (Å²) in [6.07, 6.45) is -0.701. The lowest BCUT2D eigenvalue weighted by molar-refractivity contribution is -0.146. The first kappa shape index (κ1) is 29.7. The standard InChI is InChI=1S/C29H41N3O5/c1-18-11-16-23(19(2)17-18)24(25(33)31-21-12-14-22(36-10)15-13-21)32(28(4,5)6)26(34)20(3)30-27(35)37-29(7,8)9/h11-17,20,24H,1-10H3,(H,30,35)(H,31,33). The zero-order valence-corrected chi connectivity index (χ0v) is 23.7. The topological polar surface area (TPSA) is 97.0 Å². The number of aryl methyl sites for hydroxylation is 2. The van der Waals surface area contributed by atoms with Crippen LogP contribution in [0.1, 0.15) is 71.2 Å². The van der Waals surface area contributed by atoms with Crippen LogP contribution in [-0.4, -0.2) is 47.1 Å². The van der Waals surface area contributed by atoms with Gasteiger partial charge in [-0.1, -0.05) is 23.8 Å². The second-order valence-corrected chi connectivity index (χ2v) is 11.2. The van der Waals surface area contributed by atoms with Crippen LogP contribution in [0, 0.1) is 13.8 Å². The Labute approximate surface area is 220 Å². The third-order valence-corrected chi connectivity index (χ3v) is 5.65. The highest BCUT2D eigenvalue weighted by Gasteiger charge is 2.41. The van der Waals surface area contributed by atoms with E-state index in [-0.39, 0.29) is 5.91 Å². The molecule has 0 heterocycles. The van der Waals surface area contributed by atoms with Gasteiger partial charge in [0.1, 0.15) is 23.4 Å². The number of alkyl carbamates (subject to hydrolysis) is 1. The van der Waals surface area contributed by atoms with Crippen molar-refractivity contribution >= 4 is 23.6 Å². The van der Waals surface area contributed by atoms with E-state index in [4.69, 9.17) is 9.47 Å². The van der Waals surface area contributed by atoms with Crippen LogP contribution < -0.4 is 15.4 Å². The number of nitrogens with one attached hydrogen (secondary N) is 2. The molecule has 3 amide bonds. The summed E-state index contributed by atoms with van der Waals surface area (Å²) in [6.45, 7) is 16.3. The minimum Gasteiger partial charge on any atom is -0.497 e. The fourth-order valence-corrected chi connectivity index (χ4v) is 4.01. The molecule has 8 nitrogen and oxygen atoms in total. The van der Waals surface area contributed by atoms with Crippen molar-refractivity contribution in [2.24, 2.45) is 0 Å². The smallest absolute Gasteiger partial charge is 0.408 e. The molecule has 202 valence electrons. The van der Waals surface area contributed by atoms with Crippen molar-refractivity contribution in [1.29, 1.82) is 0 Å². The summed E-state index contributed by atoms with van der Waals surface area (Å²) < 4.78 is 10.5. The highest BCUT2D eigenvalue weighted by molar-refractivity contribution is 5.99. The Morgan fingerprint density at radius 2 is 1.51 bits per heavy atom. The number of carbonyl (C=O) groups excluding carboxylic acids is 3. The Hall–Kier alpha value is -3.55. The number of anilines is 1. The van der Waals surface area contributed by atoms with Crippen molar-refractivity contribution in [3.05, 3.63) is 59.2 Å². The molecule has 0 aliphatic carbocycles. The van der Waals surface area contributed by atoms with Gasteiger partial charge in [0.25, 0.3) is 5.91 Å². The number of amides is 3. The third-order valence-electron chi connectivity index (χ3n) is 5.65. The SMILES string of the molecule is COc1ccc(NC(=O)C(c2ccc(C)cc2C)N(C(=O)C(C)NC(=O)OC(C)(C)C)C(C)(C)C)cc1. The van der Waals surface area contributed by atoms with Crippen LogP contribution in [0.25, 0.3) is 0 Å². The molecule has 37 heavy (non-hydrogen) atoms. The number of carbonyl (C=O) groups is 3. The van der Waals surface area contributed by atoms with Gasteiger partial charge in [-0.2, -0.15) is 0 Å². The predicted octanol–water partition coefficient (Wildman–Crippen LogP) is 5.53. The van der Waals surface area contributed by atoms with Crippen LogP contribution in [0.2, 0.25) is 0 Å². The van der Waals surface area contributed by atoms with Gasteiger partial charge in [0, 0.05) is 11.2 Å². The van der Waals surface area contributed by atoms with Crippen molar-refractivity contribution in [1.82, 2.24) is 10.2 Å². The fraction of sp³-hybridized carbons (Fsp3) is 0.483. The molecule has 0 spiro atoms. The summed E-state index contributed by atoms with van der Waals surface area (Å²) >= 11 is 0. The van der Waals surface area contributed by atoms with Crippen molar-refractivity contribution in [2.45, 2.75) is 85.5 Å². The quantitative estimate of drug-likeness (QED) is 0.509. The molecule has 0 radical (unpaired) electrons. The second-order valence-electron chi connectivity index (χ2n) is 11.2. The lowest BCUT2D eigenvalue weighted by atomic mass is 9.92. The van der Waals surface area contributed by atoms with Crippen molar-refractivity contribution in [3.63, 3.8) is 0 Å². The maximum absolute atomic E-state index is 13.9. The van der Waals surface area contributed by atoms with Crippen LogP contribution in [0.3, 0.4) is 0 Å². The van der Waals surface area contributed by atoms with Gasteiger partial charge in [0.05, 0.1) is 7.11 Å². The molecule has 0 aromatic heterocycles. The third kappa shape index (κ3) is 8.23. The van der Waals surface area contributed by atoms with Gasteiger partial charge < -0.3 is 25.0 Å². The van der Waals surface area contributed by atoms with E-state index >= 15 is 0 Å². The van der Waals surface area contributed by atoms with Crippen molar-refractivity contribution < 1.29 is 23.9 Å². The summed E-state index contributed by atoms with van der Waals surface area (Å²) in [5.41, 5.74) is 1.72. The monoisotopic (exact) mass is 511 g/mol. The van der Waals surface area contributed by atoms with Gasteiger partial charge in [0.15, 0.2) is 0 Å². The second kappa shape index (κ2) is 11.7. The molecule has 2 N–H and O–H groups in total. The molecular formula is C29H41N3O5. The molecule has 0 fully saturated rings. The first-order chi connectivity index (χ1) is 17.0. The number of hydrogen-bond acceptors (Lipinski definition) is 5. The average molecular weight is 512 g/mol. The molecule has 2 unspecified atom stereocenters. The summed E-state index contributed by atoms with van der Waals surface area (Å²) in [7, 11) is 1.57. The van der Waals surface area contributed by atoms with Crippen molar-refractivity contribution in [3.8, 4) is 5.75 Å². The normalized spacial score (nSPS) is 13.2. The number of rotatable bonds is 7. The first-order valence-electron chi connectivity index (χ1n) is 12.4. The number of methoxy groups -OCH3 is 1. The molecule has 8 heteroatoms. The lowest BCUT2D eigenvalue weighted by Gasteiger charge is -2.43. The fourth-order valence-electron chi connectivity index (χ4n) is 4.01. The Kier molecular flexibility index (Phi) is 9.36. The lowest BCUT2D eigenvalue weighted by Crippen LogP contribution is -2.57. The van der Waals surface area contributed by atoms with Crippen molar-refractivity contribution in [2.75, 3.05) is 12.4 Å². The minimum absolute atomic E-state index is 0.370. The van der Waals surface area contributed by atoms with E-state index in [0.717, 1.165) is 11.1 Å². The van der Waals surface area contributed by atoms with E-state index in [2.05, 4.69) is 10.6 Å². The molecule has 2 aromatic rings. The van der Waals surface area contributed by atoms with Gasteiger partial charge >= 0.3 is 6.09 Å². The van der Waals surface area contributed by atoms with Gasteiger partial charge in [-0.3, -0.25) is 9.59 Å². The minimum atomic E-state index is -0.960. The number of hydrogen-bond donors (Lipinski definition) is 2. The van der Waals surface area contributed by atoms with E-state index in [9.17, 15) is 14.4 Å². The Balaban J connectivity index is 2.52. The van der Waals surface area contributed by atoms with E-state index in [1.807, 2.05) is 52.8 Å². The average Bonchev–Trinajstić information content (AvgIpc) is 2.75. The van der Waals surface area contributed by atoms with Crippen LogP contribution in [0.15, 0.2) is 42.5 Å². The van der Waals surface area contributed by atoms with Crippen LogP contribution in [0.5, 0.6) is 5.75 Å². The number of benzene rings is 2. The van der Waals surface area contributed by atoms with E-state index < -0.39 is 35.2 Å². The van der Waals surface area contributed by atoms with Gasteiger partial charge in [0.2, 0.25) is 5.91 Å². The molecule has 2 rings (SSSR count). The Bertz CT molecular complexity index is 1110. The molecule has 0 saturated carbocycles. The summed E-state index contributed by atoms with van der Waals surface area (Å²) in [5, 5.41) is 5.57. The van der Waals surface area contributed by atoms with E-state index in [0.29, 0.717) is 17.0 Å². The molecule has 0 aliphatic heterocycles.